The van der Waals surface area contributed by atoms with Crippen LogP contribution in [0.1, 0.15) is 36.8 Å². The highest BCUT2D eigenvalue weighted by atomic mass is 35.5. The summed E-state index contributed by atoms with van der Waals surface area (Å²) in [6.45, 7) is 4.41. The van der Waals surface area contributed by atoms with Crippen molar-refractivity contribution in [1.82, 2.24) is 9.80 Å². The van der Waals surface area contributed by atoms with Gasteiger partial charge in [-0.05, 0) is 61.7 Å². The molecule has 2 aliphatic rings. The number of likely N-dealkylation sites (tertiary alicyclic amines) is 2. The van der Waals surface area contributed by atoms with Crippen LogP contribution in [0.25, 0.3) is 0 Å². The minimum atomic E-state index is -4.41. The highest BCUT2D eigenvalue weighted by molar-refractivity contribution is 6.42. The Morgan fingerprint density at radius 1 is 1.08 bits per heavy atom. The number of ether oxygens (including phenoxy) is 1. The zero-order valence-electron chi connectivity index (χ0n) is 19.8. The molecule has 1 amide bonds. The Balaban J connectivity index is 1.50. The summed E-state index contributed by atoms with van der Waals surface area (Å²) in [4.78, 5) is 17.0. The molecule has 4 rings (SSSR count). The Morgan fingerprint density at radius 3 is 2.36 bits per heavy atom. The van der Waals surface area contributed by atoms with Crippen molar-refractivity contribution in [3.63, 3.8) is 0 Å². The molecule has 2 fully saturated rings. The van der Waals surface area contributed by atoms with Gasteiger partial charge in [-0.25, -0.2) is 0 Å². The average molecular weight is 545 g/mol. The first-order valence-electron chi connectivity index (χ1n) is 12.0. The fourth-order valence-electron chi connectivity index (χ4n) is 5.00. The smallest absolute Gasteiger partial charge is 0.416 e. The van der Waals surface area contributed by atoms with Gasteiger partial charge in [-0.3, -0.25) is 9.69 Å². The lowest BCUT2D eigenvalue weighted by atomic mass is 9.85. The molecule has 10 heteroatoms. The molecule has 0 bridgehead atoms. The Kier molecular flexibility index (Phi) is 8.39. The van der Waals surface area contributed by atoms with Gasteiger partial charge in [0, 0.05) is 38.0 Å². The van der Waals surface area contributed by atoms with E-state index in [1.807, 2.05) is 17.9 Å². The van der Waals surface area contributed by atoms with Crippen molar-refractivity contribution in [1.29, 1.82) is 0 Å². The SMILES string of the molecule is CC(Oc1ccc(C(F)(F)F)cc1)[C@@H]1CN(C(=O)CN2CCC(O)CC2)C[C@H]1c1ccc(Cl)c(Cl)c1. The summed E-state index contributed by atoms with van der Waals surface area (Å²) in [6.07, 6.45) is -3.81. The molecule has 2 aliphatic heterocycles. The molecule has 0 saturated carbocycles. The van der Waals surface area contributed by atoms with E-state index in [2.05, 4.69) is 4.90 Å². The van der Waals surface area contributed by atoms with Crippen LogP contribution < -0.4 is 4.74 Å². The third kappa shape index (κ3) is 6.46. The number of amides is 1. The van der Waals surface area contributed by atoms with E-state index in [4.69, 9.17) is 27.9 Å². The minimum absolute atomic E-state index is 0.000630. The number of hydrogen-bond donors (Lipinski definition) is 1. The molecule has 0 aromatic heterocycles. The number of halogens is 5. The Bertz CT molecular complexity index is 1060. The highest BCUT2D eigenvalue weighted by Gasteiger charge is 2.40. The summed E-state index contributed by atoms with van der Waals surface area (Å²) >= 11 is 12.4. The van der Waals surface area contributed by atoms with Gasteiger partial charge in [0.05, 0.1) is 28.3 Å². The number of aliphatic hydroxyl groups excluding tert-OH is 1. The molecule has 5 nitrogen and oxygen atoms in total. The first-order chi connectivity index (χ1) is 17.0. The largest absolute Gasteiger partial charge is 0.490 e. The topological polar surface area (TPSA) is 53.0 Å². The van der Waals surface area contributed by atoms with Gasteiger partial charge < -0.3 is 14.7 Å². The summed E-state index contributed by atoms with van der Waals surface area (Å²) in [5, 5.41) is 10.6. The second-order valence-electron chi connectivity index (χ2n) is 9.60. The molecule has 1 unspecified atom stereocenters. The number of benzene rings is 2. The van der Waals surface area contributed by atoms with Crippen LogP contribution in [0.5, 0.6) is 5.75 Å². The predicted octanol–water partition coefficient (Wildman–Crippen LogP) is 5.48. The van der Waals surface area contributed by atoms with Crippen LogP contribution in [-0.4, -0.2) is 65.7 Å². The van der Waals surface area contributed by atoms with E-state index in [1.165, 1.54) is 12.1 Å². The average Bonchev–Trinajstić information content (AvgIpc) is 3.28. The molecular formula is C26H29Cl2F3N2O3. The van der Waals surface area contributed by atoms with Crippen LogP contribution in [0.2, 0.25) is 10.0 Å². The second-order valence-corrected chi connectivity index (χ2v) is 10.4. The zero-order valence-corrected chi connectivity index (χ0v) is 21.4. The van der Waals surface area contributed by atoms with Crippen LogP contribution >= 0.6 is 23.2 Å². The number of rotatable bonds is 6. The molecule has 196 valence electrons. The number of carbonyl (C=O) groups excluding carboxylic acids is 1. The zero-order chi connectivity index (χ0) is 26.0. The summed E-state index contributed by atoms with van der Waals surface area (Å²) in [5.74, 6) is 0.133. The predicted molar refractivity (Wildman–Crippen MR) is 132 cm³/mol. The van der Waals surface area contributed by atoms with Crippen molar-refractivity contribution in [2.24, 2.45) is 5.92 Å². The molecule has 2 aromatic carbocycles. The summed E-state index contributed by atoms with van der Waals surface area (Å²) < 4.78 is 44.8. The van der Waals surface area contributed by atoms with Gasteiger partial charge in [-0.15, -0.1) is 0 Å². The molecule has 0 spiro atoms. The normalized spacial score (nSPS) is 22.6. The molecule has 0 aliphatic carbocycles. The molecule has 36 heavy (non-hydrogen) atoms. The number of carbonyl (C=O) groups is 1. The quantitative estimate of drug-likeness (QED) is 0.523. The number of piperidine rings is 1. The van der Waals surface area contributed by atoms with Crippen LogP contribution in [0.15, 0.2) is 42.5 Å². The molecule has 2 aromatic rings. The van der Waals surface area contributed by atoms with E-state index >= 15 is 0 Å². The maximum Gasteiger partial charge on any atom is 0.416 e. The molecule has 0 radical (unpaired) electrons. The van der Waals surface area contributed by atoms with Gasteiger partial charge in [0.15, 0.2) is 0 Å². The van der Waals surface area contributed by atoms with Crippen molar-refractivity contribution in [3.05, 3.63) is 63.6 Å². The van der Waals surface area contributed by atoms with Crippen LogP contribution in [0.4, 0.5) is 13.2 Å². The number of nitrogens with zero attached hydrogens (tertiary/aromatic N) is 2. The van der Waals surface area contributed by atoms with Gasteiger partial charge in [0.1, 0.15) is 11.9 Å². The first kappa shape index (κ1) is 27.0. The van der Waals surface area contributed by atoms with E-state index in [9.17, 15) is 23.1 Å². The fourth-order valence-corrected chi connectivity index (χ4v) is 5.30. The number of alkyl halides is 3. The van der Waals surface area contributed by atoms with Gasteiger partial charge in [0.25, 0.3) is 0 Å². The van der Waals surface area contributed by atoms with Crippen molar-refractivity contribution in [3.8, 4) is 5.75 Å². The fraction of sp³-hybridized carbons (Fsp3) is 0.500. The summed E-state index contributed by atoms with van der Waals surface area (Å²) in [5.41, 5.74) is 0.188. The Morgan fingerprint density at radius 2 is 1.75 bits per heavy atom. The minimum Gasteiger partial charge on any atom is -0.490 e. The maximum atomic E-state index is 13.2. The van der Waals surface area contributed by atoms with Crippen molar-refractivity contribution in [2.45, 2.75) is 44.1 Å². The standard InChI is InChI=1S/C26H29Cl2F3N2O3/c1-16(36-20-5-3-18(4-6-20)26(29,30)31)21-13-33(25(35)15-32-10-8-19(34)9-11-32)14-22(21)17-2-7-23(27)24(28)12-17/h2-7,12,16,19,21-22,34H,8-11,13-15H2,1H3/t16?,21-,22-/m0/s1. The molecule has 1 N–H and O–H groups in total. The monoisotopic (exact) mass is 544 g/mol. The first-order valence-corrected chi connectivity index (χ1v) is 12.7. The van der Waals surface area contributed by atoms with Gasteiger partial charge in [0.2, 0.25) is 5.91 Å². The van der Waals surface area contributed by atoms with Gasteiger partial charge in [-0.1, -0.05) is 29.3 Å². The molecular weight excluding hydrogens is 516 g/mol. The second kappa shape index (κ2) is 11.2. The van der Waals surface area contributed by atoms with Crippen molar-refractivity contribution < 1.29 is 27.8 Å². The lowest BCUT2D eigenvalue weighted by Gasteiger charge is -2.30. The third-order valence-corrected chi connectivity index (χ3v) is 7.85. The molecule has 3 atom stereocenters. The van der Waals surface area contributed by atoms with E-state index < -0.39 is 11.7 Å². The Labute approximate surface area is 218 Å². The van der Waals surface area contributed by atoms with E-state index in [1.54, 1.807) is 12.1 Å². The van der Waals surface area contributed by atoms with Gasteiger partial charge >= 0.3 is 6.18 Å². The van der Waals surface area contributed by atoms with Crippen molar-refractivity contribution >= 4 is 29.1 Å². The highest BCUT2D eigenvalue weighted by Crippen LogP contribution is 2.39. The molecule has 2 heterocycles. The van der Waals surface area contributed by atoms with E-state index in [0.29, 0.717) is 54.8 Å². The van der Waals surface area contributed by atoms with Crippen molar-refractivity contribution in [2.75, 3.05) is 32.7 Å². The van der Waals surface area contributed by atoms with Crippen LogP contribution in [0, 0.1) is 5.92 Å². The lowest BCUT2D eigenvalue weighted by molar-refractivity contribution is -0.137. The molecule has 2 saturated heterocycles. The Hall–Kier alpha value is -2.00. The summed E-state index contributed by atoms with van der Waals surface area (Å²) in [7, 11) is 0. The third-order valence-electron chi connectivity index (χ3n) is 7.11. The van der Waals surface area contributed by atoms with Gasteiger partial charge in [-0.2, -0.15) is 13.2 Å². The van der Waals surface area contributed by atoms with Crippen LogP contribution in [-0.2, 0) is 11.0 Å². The number of aliphatic hydroxyl groups is 1. The summed E-state index contributed by atoms with van der Waals surface area (Å²) in [6, 6.07) is 10.0. The van der Waals surface area contributed by atoms with E-state index in [0.717, 1.165) is 17.7 Å². The lowest BCUT2D eigenvalue weighted by Crippen LogP contribution is -2.44. The van der Waals surface area contributed by atoms with Crippen LogP contribution in [0.3, 0.4) is 0 Å². The maximum absolute atomic E-state index is 13.2. The number of hydrogen-bond acceptors (Lipinski definition) is 4. The van der Waals surface area contributed by atoms with E-state index in [-0.39, 0.29) is 36.5 Å².